The van der Waals surface area contributed by atoms with Crippen LogP contribution < -0.4 is 5.32 Å². The fourth-order valence-electron chi connectivity index (χ4n) is 2.24. The minimum Gasteiger partial charge on any atom is -0.480 e. The number of hydrogen-bond acceptors (Lipinski definition) is 2. The molecular weight excluding hydrogens is 178 g/mol. The molecule has 0 aromatic carbocycles. The van der Waals surface area contributed by atoms with Crippen LogP contribution in [0.5, 0.6) is 0 Å². The average Bonchev–Trinajstić information content (AvgIpc) is 2.15. The molecule has 82 valence electrons. The van der Waals surface area contributed by atoms with E-state index in [1.807, 2.05) is 13.8 Å². The van der Waals surface area contributed by atoms with E-state index in [9.17, 15) is 4.79 Å². The first-order valence-electron chi connectivity index (χ1n) is 5.60. The SMILES string of the molecule is CC(C)N[C@H](C(=O)O)C1CCCCC1. The topological polar surface area (TPSA) is 49.3 Å². The highest BCUT2D eigenvalue weighted by molar-refractivity contribution is 5.73. The Bertz CT molecular complexity index is 186. The third kappa shape index (κ3) is 3.29. The number of hydrogen-bond donors (Lipinski definition) is 2. The third-order valence-corrected chi connectivity index (χ3v) is 2.90. The molecule has 0 amide bonds. The second kappa shape index (κ2) is 5.35. The van der Waals surface area contributed by atoms with E-state index in [4.69, 9.17) is 5.11 Å². The first kappa shape index (κ1) is 11.5. The van der Waals surface area contributed by atoms with Crippen molar-refractivity contribution in [2.75, 3.05) is 0 Å². The van der Waals surface area contributed by atoms with Crippen LogP contribution in [0.15, 0.2) is 0 Å². The van der Waals surface area contributed by atoms with Crippen molar-refractivity contribution in [1.29, 1.82) is 0 Å². The molecule has 1 saturated carbocycles. The predicted octanol–water partition coefficient (Wildman–Crippen LogP) is 2.02. The third-order valence-electron chi connectivity index (χ3n) is 2.90. The van der Waals surface area contributed by atoms with Gasteiger partial charge in [0.2, 0.25) is 0 Å². The largest absolute Gasteiger partial charge is 0.480 e. The summed E-state index contributed by atoms with van der Waals surface area (Å²) in [6.07, 6.45) is 5.78. The van der Waals surface area contributed by atoms with Gasteiger partial charge in [-0.3, -0.25) is 4.79 Å². The Hall–Kier alpha value is -0.570. The Morgan fingerprint density at radius 3 is 2.29 bits per heavy atom. The Labute approximate surface area is 85.9 Å². The zero-order valence-electron chi connectivity index (χ0n) is 9.12. The highest BCUT2D eigenvalue weighted by Gasteiger charge is 2.29. The van der Waals surface area contributed by atoms with Crippen molar-refractivity contribution in [2.24, 2.45) is 5.92 Å². The van der Waals surface area contributed by atoms with Crippen LogP contribution in [-0.4, -0.2) is 23.2 Å². The lowest BCUT2D eigenvalue weighted by atomic mass is 9.83. The molecule has 0 aliphatic heterocycles. The standard InChI is InChI=1S/C11H21NO2/c1-8(2)12-10(11(13)14)9-6-4-3-5-7-9/h8-10,12H,3-7H2,1-2H3,(H,13,14)/t10-/m0/s1. The molecule has 2 N–H and O–H groups in total. The van der Waals surface area contributed by atoms with E-state index in [1.54, 1.807) is 0 Å². The molecule has 14 heavy (non-hydrogen) atoms. The Morgan fingerprint density at radius 1 is 1.29 bits per heavy atom. The van der Waals surface area contributed by atoms with Gasteiger partial charge < -0.3 is 10.4 Å². The minimum atomic E-state index is -0.689. The number of aliphatic carboxylic acids is 1. The van der Waals surface area contributed by atoms with Crippen molar-refractivity contribution < 1.29 is 9.90 Å². The van der Waals surface area contributed by atoms with Crippen LogP contribution >= 0.6 is 0 Å². The van der Waals surface area contributed by atoms with Gasteiger partial charge in [-0.15, -0.1) is 0 Å². The first-order valence-corrected chi connectivity index (χ1v) is 5.60. The fourth-order valence-corrected chi connectivity index (χ4v) is 2.24. The summed E-state index contributed by atoms with van der Waals surface area (Å²) in [4.78, 5) is 11.1. The van der Waals surface area contributed by atoms with E-state index >= 15 is 0 Å². The van der Waals surface area contributed by atoms with Crippen molar-refractivity contribution in [3.05, 3.63) is 0 Å². The smallest absolute Gasteiger partial charge is 0.320 e. The molecule has 3 nitrogen and oxygen atoms in total. The van der Waals surface area contributed by atoms with E-state index in [-0.39, 0.29) is 12.1 Å². The van der Waals surface area contributed by atoms with Gasteiger partial charge in [-0.2, -0.15) is 0 Å². The number of carbonyl (C=O) groups is 1. The van der Waals surface area contributed by atoms with Gasteiger partial charge in [-0.1, -0.05) is 33.1 Å². The molecule has 0 radical (unpaired) electrons. The number of rotatable bonds is 4. The van der Waals surface area contributed by atoms with E-state index < -0.39 is 5.97 Å². The van der Waals surface area contributed by atoms with Crippen molar-refractivity contribution in [2.45, 2.75) is 58.0 Å². The van der Waals surface area contributed by atoms with Gasteiger partial charge >= 0.3 is 5.97 Å². The lowest BCUT2D eigenvalue weighted by Gasteiger charge is -2.29. The quantitative estimate of drug-likeness (QED) is 0.728. The van der Waals surface area contributed by atoms with Crippen molar-refractivity contribution in [1.82, 2.24) is 5.32 Å². The maximum Gasteiger partial charge on any atom is 0.320 e. The summed E-state index contributed by atoms with van der Waals surface area (Å²) in [5, 5.41) is 12.3. The Balaban J connectivity index is 2.51. The van der Waals surface area contributed by atoms with Gasteiger partial charge in [0.1, 0.15) is 6.04 Å². The van der Waals surface area contributed by atoms with Crippen LogP contribution in [0.25, 0.3) is 0 Å². The number of carboxylic acid groups (broad SMARTS) is 1. The fraction of sp³-hybridized carbons (Fsp3) is 0.909. The molecule has 0 bridgehead atoms. The van der Waals surface area contributed by atoms with Crippen LogP contribution in [0.3, 0.4) is 0 Å². The van der Waals surface area contributed by atoms with Gasteiger partial charge in [0.15, 0.2) is 0 Å². The Morgan fingerprint density at radius 2 is 1.86 bits per heavy atom. The van der Waals surface area contributed by atoms with E-state index in [1.165, 1.54) is 19.3 Å². The van der Waals surface area contributed by atoms with E-state index in [0.717, 1.165) is 12.8 Å². The summed E-state index contributed by atoms with van der Waals surface area (Å²) >= 11 is 0. The van der Waals surface area contributed by atoms with Crippen LogP contribution in [-0.2, 0) is 4.79 Å². The molecule has 1 fully saturated rings. The summed E-state index contributed by atoms with van der Waals surface area (Å²) in [5.74, 6) is -0.353. The summed E-state index contributed by atoms with van der Waals surface area (Å²) < 4.78 is 0. The van der Waals surface area contributed by atoms with Crippen LogP contribution in [0.2, 0.25) is 0 Å². The molecule has 1 atom stereocenters. The average molecular weight is 199 g/mol. The maximum atomic E-state index is 11.1. The molecule has 1 aliphatic rings. The van der Waals surface area contributed by atoms with Gasteiger partial charge in [0, 0.05) is 6.04 Å². The summed E-state index contributed by atoms with van der Waals surface area (Å²) in [6, 6.07) is -0.0895. The molecule has 0 spiro atoms. The minimum absolute atomic E-state index is 0.248. The van der Waals surface area contributed by atoms with Crippen LogP contribution in [0.4, 0.5) is 0 Å². The molecule has 0 saturated heterocycles. The molecule has 0 heterocycles. The zero-order valence-corrected chi connectivity index (χ0v) is 9.12. The summed E-state index contributed by atoms with van der Waals surface area (Å²) in [7, 11) is 0. The van der Waals surface area contributed by atoms with Gasteiger partial charge in [-0.05, 0) is 18.8 Å². The van der Waals surface area contributed by atoms with Crippen molar-refractivity contribution in [3.8, 4) is 0 Å². The molecule has 1 rings (SSSR count). The van der Waals surface area contributed by atoms with Crippen LogP contribution in [0, 0.1) is 5.92 Å². The predicted molar refractivity (Wildman–Crippen MR) is 56.3 cm³/mol. The highest BCUT2D eigenvalue weighted by atomic mass is 16.4. The van der Waals surface area contributed by atoms with Gasteiger partial charge in [0.25, 0.3) is 0 Å². The highest BCUT2D eigenvalue weighted by Crippen LogP contribution is 2.26. The second-order valence-electron chi connectivity index (χ2n) is 4.54. The maximum absolute atomic E-state index is 11.1. The second-order valence-corrected chi connectivity index (χ2v) is 4.54. The first-order chi connectivity index (χ1) is 6.61. The molecule has 0 aromatic heterocycles. The summed E-state index contributed by atoms with van der Waals surface area (Å²) in [5.41, 5.74) is 0. The number of nitrogens with one attached hydrogen (secondary N) is 1. The van der Waals surface area contributed by atoms with E-state index in [0.29, 0.717) is 5.92 Å². The Kier molecular flexibility index (Phi) is 4.39. The van der Waals surface area contributed by atoms with Crippen molar-refractivity contribution in [3.63, 3.8) is 0 Å². The van der Waals surface area contributed by atoms with Gasteiger partial charge in [0.05, 0.1) is 0 Å². The molecule has 3 heteroatoms. The van der Waals surface area contributed by atoms with Gasteiger partial charge in [-0.25, -0.2) is 0 Å². The monoisotopic (exact) mass is 199 g/mol. The van der Waals surface area contributed by atoms with E-state index in [2.05, 4.69) is 5.32 Å². The number of carboxylic acids is 1. The lowest BCUT2D eigenvalue weighted by Crippen LogP contribution is -2.46. The molecule has 1 aliphatic carbocycles. The lowest BCUT2D eigenvalue weighted by molar-refractivity contribution is -0.141. The zero-order chi connectivity index (χ0) is 10.6. The molecular formula is C11H21NO2. The van der Waals surface area contributed by atoms with Crippen LogP contribution in [0.1, 0.15) is 46.0 Å². The molecule has 0 aromatic rings. The molecule has 0 unspecified atom stereocenters. The van der Waals surface area contributed by atoms with Crippen molar-refractivity contribution >= 4 is 5.97 Å². The normalized spacial score (nSPS) is 21.1. The summed E-state index contributed by atoms with van der Waals surface area (Å²) in [6.45, 7) is 4.00.